The molecule has 0 aliphatic rings. The number of benzene rings is 2. The molecule has 0 bridgehead atoms. The van der Waals surface area contributed by atoms with Gasteiger partial charge in [0.15, 0.2) is 0 Å². The molecule has 0 aliphatic carbocycles. The smallest absolute Gasteiger partial charge is 0.132 e. The number of amidine groups is 1. The Labute approximate surface area is 157 Å². The van der Waals surface area contributed by atoms with Crippen molar-refractivity contribution in [3.63, 3.8) is 0 Å². The van der Waals surface area contributed by atoms with Crippen LogP contribution in [0.5, 0.6) is 5.75 Å². The Hall–Kier alpha value is -2.33. The zero-order chi connectivity index (χ0) is 18.9. The summed E-state index contributed by atoms with van der Waals surface area (Å²) in [6, 6.07) is 19.2. The first-order valence-corrected chi connectivity index (χ1v) is 9.29. The highest BCUT2D eigenvalue weighted by Crippen LogP contribution is 2.17. The Morgan fingerprint density at radius 1 is 0.962 bits per heavy atom. The fourth-order valence-corrected chi connectivity index (χ4v) is 3.01. The quantitative estimate of drug-likeness (QED) is 0.553. The second-order valence-electron chi connectivity index (χ2n) is 6.86. The summed E-state index contributed by atoms with van der Waals surface area (Å²) >= 11 is 0. The molecule has 0 saturated carbocycles. The van der Waals surface area contributed by atoms with E-state index in [9.17, 15) is 0 Å². The van der Waals surface area contributed by atoms with Crippen molar-refractivity contribution in [2.45, 2.75) is 39.8 Å². The van der Waals surface area contributed by atoms with Gasteiger partial charge in [0, 0.05) is 36.9 Å². The van der Waals surface area contributed by atoms with Gasteiger partial charge in [0.05, 0.1) is 0 Å². The lowest BCUT2D eigenvalue weighted by Crippen LogP contribution is -2.39. The average Bonchev–Trinajstić information content (AvgIpc) is 2.64. The Kier molecular flexibility index (Phi) is 7.67. The molecule has 140 valence electrons. The summed E-state index contributed by atoms with van der Waals surface area (Å²) in [7, 11) is 1.79. The summed E-state index contributed by atoms with van der Waals surface area (Å²) in [6.45, 7) is 10.5. The Morgan fingerprint density at radius 2 is 1.58 bits per heavy atom. The van der Waals surface area contributed by atoms with Gasteiger partial charge in [-0.05, 0) is 52.0 Å². The molecule has 0 saturated heterocycles. The molecule has 0 amide bonds. The third kappa shape index (κ3) is 5.88. The van der Waals surface area contributed by atoms with Crippen LogP contribution in [0.25, 0.3) is 0 Å². The zero-order valence-corrected chi connectivity index (χ0v) is 16.6. The van der Waals surface area contributed by atoms with Crippen molar-refractivity contribution < 1.29 is 4.74 Å². The van der Waals surface area contributed by atoms with Gasteiger partial charge in [-0.25, -0.2) is 0 Å². The predicted octanol–water partition coefficient (Wildman–Crippen LogP) is 4.67. The van der Waals surface area contributed by atoms with Crippen LogP contribution in [-0.2, 0) is 0 Å². The third-order valence-electron chi connectivity index (χ3n) is 4.33. The summed E-state index contributed by atoms with van der Waals surface area (Å²) in [5.74, 6) is 1.74. The zero-order valence-electron chi connectivity index (χ0n) is 16.6. The summed E-state index contributed by atoms with van der Waals surface area (Å²) < 4.78 is 5.91. The van der Waals surface area contributed by atoms with Crippen LogP contribution in [0.4, 0.5) is 5.69 Å². The van der Waals surface area contributed by atoms with Gasteiger partial charge >= 0.3 is 0 Å². The molecule has 0 aliphatic heterocycles. The van der Waals surface area contributed by atoms with Crippen LogP contribution >= 0.6 is 0 Å². The highest BCUT2D eigenvalue weighted by Gasteiger charge is 2.12. The van der Waals surface area contributed by atoms with E-state index >= 15 is 0 Å². The van der Waals surface area contributed by atoms with Gasteiger partial charge in [-0.2, -0.15) is 0 Å². The summed E-state index contributed by atoms with van der Waals surface area (Å²) in [5, 5.41) is 3.36. The van der Waals surface area contributed by atoms with Crippen LogP contribution < -0.4 is 10.1 Å². The fourth-order valence-electron chi connectivity index (χ4n) is 3.01. The lowest BCUT2D eigenvalue weighted by Gasteiger charge is -2.30. The van der Waals surface area contributed by atoms with Crippen molar-refractivity contribution in [3.8, 4) is 5.75 Å². The first kappa shape index (κ1) is 20.0. The molecular weight excluding hydrogens is 322 g/mol. The molecule has 0 spiro atoms. The van der Waals surface area contributed by atoms with E-state index in [0.29, 0.717) is 18.7 Å². The summed E-state index contributed by atoms with van der Waals surface area (Å²) in [6.07, 6.45) is 0. The lowest BCUT2D eigenvalue weighted by molar-refractivity contribution is 0.142. The molecule has 0 radical (unpaired) electrons. The van der Waals surface area contributed by atoms with E-state index in [1.165, 1.54) is 0 Å². The standard InChI is InChI=1S/C22H31N3O/c1-17(2)25(18(3)4)15-16-26-21-13-11-20(12-14-21)24-22(23-5)19-9-7-6-8-10-19/h6-14,17-18H,15-16H2,1-5H3,(H,23,24). The Balaban J connectivity index is 1.90. The van der Waals surface area contributed by atoms with Crippen molar-refractivity contribution >= 4 is 11.5 Å². The molecule has 2 rings (SSSR count). The maximum Gasteiger partial charge on any atom is 0.132 e. The van der Waals surface area contributed by atoms with Crippen molar-refractivity contribution in [2.24, 2.45) is 4.99 Å². The summed E-state index contributed by atoms with van der Waals surface area (Å²) in [4.78, 5) is 6.78. The van der Waals surface area contributed by atoms with Crippen LogP contribution in [-0.4, -0.2) is 43.0 Å². The SMILES string of the molecule is CN=C(Nc1ccc(OCCN(C(C)C)C(C)C)cc1)c1ccccc1. The van der Waals surface area contributed by atoms with E-state index in [2.05, 4.69) is 42.9 Å². The van der Waals surface area contributed by atoms with Crippen LogP contribution in [0.1, 0.15) is 33.3 Å². The van der Waals surface area contributed by atoms with Crippen LogP contribution in [0.3, 0.4) is 0 Å². The normalized spacial score (nSPS) is 12.1. The molecule has 0 aromatic heterocycles. The number of aliphatic imine (C=N–C) groups is 1. The van der Waals surface area contributed by atoms with Crippen LogP contribution in [0.15, 0.2) is 59.6 Å². The molecule has 0 atom stereocenters. The Bertz CT molecular complexity index is 670. The van der Waals surface area contributed by atoms with Crippen molar-refractivity contribution in [1.29, 1.82) is 0 Å². The van der Waals surface area contributed by atoms with Crippen molar-refractivity contribution in [2.75, 3.05) is 25.5 Å². The molecule has 0 fully saturated rings. The first-order valence-electron chi connectivity index (χ1n) is 9.29. The largest absolute Gasteiger partial charge is 0.492 e. The fraction of sp³-hybridized carbons (Fsp3) is 0.409. The molecule has 4 nitrogen and oxygen atoms in total. The van der Waals surface area contributed by atoms with Gasteiger partial charge in [0.2, 0.25) is 0 Å². The van der Waals surface area contributed by atoms with Gasteiger partial charge in [-0.1, -0.05) is 30.3 Å². The van der Waals surface area contributed by atoms with Crippen LogP contribution in [0, 0.1) is 0 Å². The van der Waals surface area contributed by atoms with Crippen LogP contribution in [0.2, 0.25) is 0 Å². The Morgan fingerprint density at radius 3 is 2.12 bits per heavy atom. The average molecular weight is 354 g/mol. The van der Waals surface area contributed by atoms with Gasteiger partial charge in [0.1, 0.15) is 18.2 Å². The molecule has 0 heterocycles. The monoisotopic (exact) mass is 353 g/mol. The number of anilines is 1. The topological polar surface area (TPSA) is 36.9 Å². The highest BCUT2D eigenvalue weighted by atomic mass is 16.5. The molecule has 0 unspecified atom stereocenters. The van der Waals surface area contributed by atoms with Gasteiger partial charge in [-0.15, -0.1) is 0 Å². The van der Waals surface area contributed by atoms with Gasteiger partial charge in [0.25, 0.3) is 0 Å². The number of nitrogens with zero attached hydrogens (tertiary/aromatic N) is 2. The minimum atomic E-state index is 0.523. The number of rotatable bonds is 8. The van der Waals surface area contributed by atoms with Crippen molar-refractivity contribution in [3.05, 3.63) is 60.2 Å². The van der Waals surface area contributed by atoms with E-state index < -0.39 is 0 Å². The van der Waals surface area contributed by atoms with E-state index in [0.717, 1.165) is 29.4 Å². The van der Waals surface area contributed by atoms with Gasteiger partial charge < -0.3 is 10.1 Å². The molecule has 2 aromatic rings. The third-order valence-corrected chi connectivity index (χ3v) is 4.33. The van der Waals surface area contributed by atoms with E-state index in [-0.39, 0.29) is 0 Å². The maximum atomic E-state index is 5.91. The number of ether oxygens (including phenoxy) is 1. The van der Waals surface area contributed by atoms with E-state index in [4.69, 9.17) is 4.74 Å². The van der Waals surface area contributed by atoms with E-state index in [1.807, 2.05) is 54.6 Å². The second-order valence-corrected chi connectivity index (χ2v) is 6.86. The van der Waals surface area contributed by atoms with Crippen molar-refractivity contribution in [1.82, 2.24) is 4.90 Å². The maximum absolute atomic E-state index is 5.91. The molecule has 2 aromatic carbocycles. The number of hydrogen-bond donors (Lipinski definition) is 1. The van der Waals surface area contributed by atoms with Gasteiger partial charge in [-0.3, -0.25) is 9.89 Å². The lowest BCUT2D eigenvalue weighted by atomic mass is 10.2. The summed E-state index contributed by atoms with van der Waals surface area (Å²) in [5.41, 5.74) is 2.06. The highest BCUT2D eigenvalue weighted by molar-refractivity contribution is 6.08. The second kappa shape index (κ2) is 9.97. The first-order chi connectivity index (χ1) is 12.5. The molecule has 26 heavy (non-hydrogen) atoms. The molecule has 4 heteroatoms. The van der Waals surface area contributed by atoms with E-state index in [1.54, 1.807) is 7.05 Å². The molecule has 1 N–H and O–H groups in total. The predicted molar refractivity (Wildman–Crippen MR) is 111 cm³/mol. The number of hydrogen-bond acceptors (Lipinski definition) is 3. The minimum absolute atomic E-state index is 0.523. The minimum Gasteiger partial charge on any atom is -0.492 e. The molecular formula is C22H31N3O. The number of nitrogens with one attached hydrogen (secondary N) is 1.